The number of nitrogens with two attached hydrogens (primary N) is 1. The van der Waals surface area contributed by atoms with Crippen molar-refractivity contribution < 1.29 is 31.2 Å². The summed E-state index contributed by atoms with van der Waals surface area (Å²) in [5.41, 5.74) is 7.99. The second-order valence-corrected chi connectivity index (χ2v) is 19.1. The Bertz CT molecular complexity index is 2160. The number of anilines is 2. The third-order valence-electron chi connectivity index (χ3n) is 10.4. The minimum absolute atomic E-state index is 0.00481. The van der Waals surface area contributed by atoms with Crippen molar-refractivity contribution in [2.45, 2.75) is 39.0 Å². The van der Waals surface area contributed by atoms with Gasteiger partial charge in [-0.3, -0.25) is 23.4 Å². The summed E-state index contributed by atoms with van der Waals surface area (Å²) in [6.45, 7) is 6.80. The number of Topliss-reactive ketones (excluding diaryl/α,β-unsaturated/α-hetero) is 1. The fraction of sp³-hybridized carbons (Fsp3) is 0.400. The van der Waals surface area contributed by atoms with Crippen LogP contribution in [0.15, 0.2) is 85.2 Å². The van der Waals surface area contributed by atoms with Crippen LogP contribution in [0.25, 0.3) is 0 Å². The second-order valence-electron chi connectivity index (χ2n) is 14.6. The molecule has 6 rings (SSSR count). The Labute approximate surface area is 362 Å². The van der Waals surface area contributed by atoms with E-state index in [1.807, 2.05) is 27.9 Å². The van der Waals surface area contributed by atoms with E-state index in [-0.39, 0.29) is 37.5 Å². The van der Waals surface area contributed by atoms with Crippen molar-refractivity contribution in [1.82, 2.24) is 28.4 Å². The van der Waals surface area contributed by atoms with E-state index in [1.54, 1.807) is 72.8 Å². The van der Waals surface area contributed by atoms with Crippen LogP contribution in [0.5, 0.6) is 0 Å². The standard InChI is InChI=1S/C20H26ClN5O3S.C20H25ClN4O4S/c1-15-13-25(9-8-24(15)2)30(28,29)26(19-5-3-4-17(21)10-19)14-18-7-6-16(12-23-18)20(27)11-22;1-15-13-24(10-9-23(15)2)30(27,28)25(19-6-4-5-17(21)11-19)14-18-8-7-16(12-22-18)20(26)29-3/h3-7,10,12,15H,8-9,11,13-14,22H2,1-2H3;4-8,11-12,15H,9-10,13-14H2,1-3H3/t2*15-/m11/s1. The molecule has 2 aliphatic heterocycles. The first-order valence-corrected chi connectivity index (χ1v) is 22.7. The Hall–Kier alpha value is -4.24. The minimum Gasteiger partial charge on any atom is -0.465 e. The van der Waals surface area contributed by atoms with Crippen LogP contribution in [0.3, 0.4) is 0 Å². The highest BCUT2D eigenvalue weighted by Crippen LogP contribution is 2.29. The molecule has 2 N–H and O–H groups in total. The molecule has 2 aromatic heterocycles. The van der Waals surface area contributed by atoms with Gasteiger partial charge in [0, 0.05) is 79.4 Å². The van der Waals surface area contributed by atoms with E-state index in [4.69, 9.17) is 28.9 Å². The lowest BCUT2D eigenvalue weighted by atomic mass is 10.2. The zero-order valence-corrected chi connectivity index (χ0v) is 37.3. The number of nitrogens with zero attached hydrogens (tertiary/aromatic N) is 8. The minimum atomic E-state index is -3.83. The lowest BCUT2D eigenvalue weighted by Crippen LogP contribution is -2.55. The molecule has 0 saturated carbocycles. The Balaban J connectivity index is 0.000000228. The largest absolute Gasteiger partial charge is 0.465 e. The van der Waals surface area contributed by atoms with Crippen molar-refractivity contribution in [3.8, 4) is 0 Å². The van der Waals surface area contributed by atoms with Gasteiger partial charge in [-0.1, -0.05) is 35.3 Å². The number of likely N-dealkylation sites (N-methyl/N-ethyl adjacent to an activating group) is 2. The van der Waals surface area contributed by atoms with Crippen LogP contribution in [0.2, 0.25) is 10.0 Å². The third-order valence-corrected chi connectivity index (χ3v) is 14.7. The monoisotopic (exact) mass is 903 g/mol. The van der Waals surface area contributed by atoms with E-state index in [0.717, 1.165) is 0 Å². The van der Waals surface area contributed by atoms with E-state index in [9.17, 15) is 26.4 Å². The lowest BCUT2D eigenvalue weighted by molar-refractivity contribution is 0.0600. The number of piperazine rings is 2. The summed E-state index contributed by atoms with van der Waals surface area (Å²) < 4.78 is 64.5. The molecule has 0 radical (unpaired) electrons. The zero-order chi connectivity index (χ0) is 43.8. The van der Waals surface area contributed by atoms with Crippen molar-refractivity contribution in [2.75, 3.05) is 75.6 Å². The topological polar surface area (TPSA) is 183 Å². The molecule has 0 unspecified atom stereocenters. The number of hydrogen-bond donors (Lipinski definition) is 1. The molecule has 2 fully saturated rings. The number of hydrogen-bond acceptors (Lipinski definition) is 12. The molecule has 4 aromatic rings. The number of halogens is 2. The van der Waals surface area contributed by atoms with Gasteiger partial charge in [0.15, 0.2) is 5.78 Å². The Morgan fingerprint density at radius 1 is 0.717 bits per heavy atom. The van der Waals surface area contributed by atoms with Crippen molar-refractivity contribution >= 4 is 66.7 Å². The lowest BCUT2D eigenvalue weighted by Gasteiger charge is -2.39. The van der Waals surface area contributed by atoms with Crippen LogP contribution in [0.4, 0.5) is 11.4 Å². The highest BCUT2D eigenvalue weighted by atomic mass is 35.5. The Morgan fingerprint density at radius 3 is 1.50 bits per heavy atom. The maximum atomic E-state index is 13.6. The van der Waals surface area contributed by atoms with Gasteiger partial charge in [-0.25, -0.2) is 4.79 Å². The molecule has 0 amide bonds. The number of benzene rings is 2. The van der Waals surface area contributed by atoms with Gasteiger partial charge < -0.3 is 20.3 Å². The van der Waals surface area contributed by atoms with E-state index >= 15 is 0 Å². The van der Waals surface area contributed by atoms with Crippen molar-refractivity contribution in [3.05, 3.63) is 118 Å². The van der Waals surface area contributed by atoms with Crippen LogP contribution < -0.4 is 14.3 Å². The van der Waals surface area contributed by atoms with E-state index in [1.165, 1.54) is 36.7 Å². The molecule has 0 aliphatic carbocycles. The smallest absolute Gasteiger partial charge is 0.339 e. The van der Waals surface area contributed by atoms with Crippen molar-refractivity contribution in [3.63, 3.8) is 0 Å². The summed E-state index contributed by atoms with van der Waals surface area (Å²) in [5, 5.41) is 0.879. The molecule has 2 atom stereocenters. The molecule has 16 nitrogen and oxygen atoms in total. The third kappa shape index (κ3) is 11.6. The molecule has 324 valence electrons. The first-order valence-electron chi connectivity index (χ1n) is 19.1. The first-order chi connectivity index (χ1) is 28.4. The maximum Gasteiger partial charge on any atom is 0.339 e. The summed E-state index contributed by atoms with van der Waals surface area (Å²) in [7, 11) is -2.40. The van der Waals surface area contributed by atoms with Gasteiger partial charge in [0.1, 0.15) is 0 Å². The molecule has 2 aromatic carbocycles. The van der Waals surface area contributed by atoms with Gasteiger partial charge in [0.25, 0.3) is 0 Å². The summed E-state index contributed by atoms with van der Waals surface area (Å²) in [6.07, 6.45) is 2.80. The average Bonchev–Trinajstić information content (AvgIpc) is 3.23. The molecule has 60 heavy (non-hydrogen) atoms. The van der Waals surface area contributed by atoms with Gasteiger partial charge in [0.2, 0.25) is 0 Å². The number of pyridine rings is 2. The van der Waals surface area contributed by atoms with Crippen LogP contribution >= 0.6 is 23.2 Å². The summed E-state index contributed by atoms with van der Waals surface area (Å²) in [5.74, 6) is -0.723. The molecular weight excluding hydrogens is 854 g/mol. The van der Waals surface area contributed by atoms with Crippen LogP contribution in [-0.2, 0) is 38.2 Å². The van der Waals surface area contributed by atoms with E-state index < -0.39 is 26.4 Å². The van der Waals surface area contributed by atoms with Crippen molar-refractivity contribution in [2.24, 2.45) is 5.73 Å². The number of methoxy groups -OCH3 is 1. The molecule has 20 heteroatoms. The normalized spacial score (nSPS) is 18.3. The fourth-order valence-corrected chi connectivity index (χ4v) is 10.2. The highest BCUT2D eigenvalue weighted by Gasteiger charge is 2.36. The second kappa shape index (κ2) is 20.5. The number of carbonyl (C=O) groups is 2. The Kier molecular flexibility index (Phi) is 16.0. The van der Waals surface area contributed by atoms with Gasteiger partial charge in [-0.2, -0.15) is 25.4 Å². The number of carbonyl (C=O) groups excluding carboxylic acids is 2. The van der Waals surface area contributed by atoms with E-state index in [2.05, 4.69) is 24.5 Å². The van der Waals surface area contributed by atoms with Crippen LogP contribution in [-0.4, -0.2) is 136 Å². The average molecular weight is 905 g/mol. The maximum absolute atomic E-state index is 13.6. The predicted molar refractivity (Wildman–Crippen MR) is 234 cm³/mol. The highest BCUT2D eigenvalue weighted by molar-refractivity contribution is 7.90. The molecule has 0 spiro atoms. The van der Waals surface area contributed by atoms with Crippen LogP contribution in [0.1, 0.15) is 46.0 Å². The summed E-state index contributed by atoms with van der Waals surface area (Å²) in [4.78, 5) is 36.2. The number of esters is 1. The van der Waals surface area contributed by atoms with Crippen LogP contribution in [0, 0.1) is 0 Å². The Morgan fingerprint density at radius 2 is 1.15 bits per heavy atom. The zero-order valence-electron chi connectivity index (χ0n) is 34.2. The van der Waals surface area contributed by atoms with Gasteiger partial charge in [-0.05, 0) is 88.6 Å². The quantitative estimate of drug-likeness (QED) is 0.150. The SMILES string of the molecule is COC(=O)c1ccc(CN(c2cccc(Cl)c2)S(=O)(=O)N2CCN(C)[C@H](C)C2)nc1.C[C@@H]1CN(S(=O)(=O)N(Cc2ccc(C(=O)CN)cn2)c2cccc(Cl)c2)CCN1C. The summed E-state index contributed by atoms with van der Waals surface area (Å²) in [6, 6.07) is 20.1. The van der Waals surface area contributed by atoms with Gasteiger partial charge >= 0.3 is 26.4 Å². The first kappa shape index (κ1) is 46.8. The van der Waals surface area contributed by atoms with Gasteiger partial charge in [-0.15, -0.1) is 0 Å². The number of rotatable bonds is 13. The fourth-order valence-electron chi connectivity index (χ4n) is 6.45. The van der Waals surface area contributed by atoms with E-state index in [0.29, 0.717) is 83.2 Å². The van der Waals surface area contributed by atoms with Gasteiger partial charge in [0.05, 0.1) is 55.1 Å². The number of ether oxygens (including phenoxy) is 1. The molecule has 2 aliphatic rings. The summed E-state index contributed by atoms with van der Waals surface area (Å²) >= 11 is 12.3. The molecule has 0 bridgehead atoms. The molecule has 4 heterocycles. The molecular formula is C40H51Cl2N9O7S2. The predicted octanol–water partition coefficient (Wildman–Crippen LogP) is 4.17. The van der Waals surface area contributed by atoms with Crippen molar-refractivity contribution in [1.29, 1.82) is 0 Å². The number of ketones is 1. The number of aromatic nitrogens is 2. The molecule has 2 saturated heterocycles.